The summed E-state index contributed by atoms with van der Waals surface area (Å²) in [5.74, 6) is 0.514. The van der Waals surface area contributed by atoms with Gasteiger partial charge in [-0.3, -0.25) is 0 Å². The molecule has 112 valence electrons. The highest BCUT2D eigenvalue weighted by atomic mass is 35.5. The van der Waals surface area contributed by atoms with Crippen LogP contribution in [0.2, 0.25) is 0 Å². The van der Waals surface area contributed by atoms with E-state index in [-0.39, 0.29) is 22.6 Å². The Morgan fingerprint density at radius 3 is 1.59 bits per heavy atom. The molecule has 0 heterocycles. The molecule has 4 atom stereocenters. The van der Waals surface area contributed by atoms with Crippen LogP contribution in [-0.2, 0) is 12.8 Å². The molecule has 4 aliphatic rings. The molecule has 2 bridgehead atoms. The van der Waals surface area contributed by atoms with Crippen molar-refractivity contribution in [3.05, 3.63) is 69.8 Å². The van der Waals surface area contributed by atoms with Gasteiger partial charge in [-0.05, 0) is 59.1 Å². The van der Waals surface area contributed by atoms with E-state index < -0.39 is 0 Å². The minimum Gasteiger partial charge on any atom is -0.120 e. The first-order valence-corrected chi connectivity index (χ1v) is 9.15. The fourth-order valence-electron chi connectivity index (χ4n) is 4.83. The summed E-state index contributed by atoms with van der Waals surface area (Å²) in [6.45, 7) is 0. The van der Waals surface area contributed by atoms with Crippen LogP contribution in [0.4, 0.5) is 0 Å². The predicted molar refractivity (Wildman–Crippen MR) is 92.5 cm³/mol. The molecule has 2 heteroatoms. The normalized spacial score (nSPS) is 31.4. The molecule has 0 spiro atoms. The second-order valence-electron chi connectivity index (χ2n) is 6.93. The van der Waals surface area contributed by atoms with E-state index >= 15 is 0 Å². The Hall–Kier alpha value is -0.980. The molecule has 22 heavy (non-hydrogen) atoms. The zero-order chi connectivity index (χ0) is 14.8. The maximum atomic E-state index is 6.77. The SMILES string of the molecule is Cl[C@@H]1[C@@H]2c3ccccc3[C@H](c3cc4c(cc32)CCCC4)[C@@H]1Cl. The number of halogens is 2. The molecule has 0 radical (unpaired) electrons. The van der Waals surface area contributed by atoms with E-state index in [1.165, 1.54) is 47.9 Å². The van der Waals surface area contributed by atoms with Crippen molar-refractivity contribution < 1.29 is 0 Å². The summed E-state index contributed by atoms with van der Waals surface area (Å²) in [4.78, 5) is 0. The Balaban J connectivity index is 1.79. The Labute approximate surface area is 141 Å². The van der Waals surface area contributed by atoms with Gasteiger partial charge >= 0.3 is 0 Å². The van der Waals surface area contributed by atoms with E-state index in [1.54, 1.807) is 11.1 Å². The van der Waals surface area contributed by atoms with Gasteiger partial charge in [-0.1, -0.05) is 36.4 Å². The molecule has 0 aliphatic heterocycles. The molecular formula is C20H18Cl2. The van der Waals surface area contributed by atoms with Crippen molar-refractivity contribution in [2.24, 2.45) is 0 Å². The number of rotatable bonds is 0. The van der Waals surface area contributed by atoms with Crippen molar-refractivity contribution in [1.29, 1.82) is 0 Å². The van der Waals surface area contributed by atoms with E-state index in [1.807, 2.05) is 0 Å². The van der Waals surface area contributed by atoms with Crippen LogP contribution in [0.3, 0.4) is 0 Å². The first-order valence-electron chi connectivity index (χ1n) is 8.28. The second kappa shape index (κ2) is 4.76. The van der Waals surface area contributed by atoms with E-state index in [0.717, 1.165) is 0 Å². The highest BCUT2D eigenvalue weighted by Gasteiger charge is 2.48. The molecule has 2 aromatic carbocycles. The zero-order valence-electron chi connectivity index (χ0n) is 12.4. The average molecular weight is 329 g/mol. The Morgan fingerprint density at radius 2 is 1.14 bits per heavy atom. The van der Waals surface area contributed by atoms with Crippen LogP contribution >= 0.6 is 23.2 Å². The highest BCUT2D eigenvalue weighted by molar-refractivity contribution is 6.31. The lowest BCUT2D eigenvalue weighted by Crippen LogP contribution is -2.41. The third-order valence-electron chi connectivity index (χ3n) is 5.82. The fraction of sp³-hybridized carbons (Fsp3) is 0.400. The largest absolute Gasteiger partial charge is 0.120 e. The van der Waals surface area contributed by atoms with Crippen LogP contribution in [-0.4, -0.2) is 10.8 Å². The molecule has 0 unspecified atom stereocenters. The summed E-state index contributed by atoms with van der Waals surface area (Å²) in [5.41, 5.74) is 8.78. The van der Waals surface area contributed by atoms with Gasteiger partial charge in [0, 0.05) is 11.8 Å². The molecule has 0 nitrogen and oxygen atoms in total. The summed E-state index contributed by atoms with van der Waals surface area (Å²) in [6, 6.07) is 13.7. The smallest absolute Gasteiger partial charge is 0.0618 e. The van der Waals surface area contributed by atoms with Crippen LogP contribution in [0.1, 0.15) is 58.1 Å². The molecule has 4 aliphatic carbocycles. The van der Waals surface area contributed by atoms with Crippen LogP contribution < -0.4 is 0 Å². The van der Waals surface area contributed by atoms with Crippen molar-refractivity contribution in [1.82, 2.24) is 0 Å². The molecule has 0 N–H and O–H groups in total. The van der Waals surface area contributed by atoms with Crippen LogP contribution in [0.25, 0.3) is 0 Å². The van der Waals surface area contributed by atoms with Crippen LogP contribution in [0, 0.1) is 0 Å². The minimum atomic E-state index is -0.00397. The van der Waals surface area contributed by atoms with Crippen molar-refractivity contribution in [2.75, 3.05) is 0 Å². The van der Waals surface area contributed by atoms with Gasteiger partial charge in [-0.2, -0.15) is 0 Å². The number of aryl methyl sites for hydroxylation is 2. The topological polar surface area (TPSA) is 0 Å². The van der Waals surface area contributed by atoms with Crippen molar-refractivity contribution in [3.63, 3.8) is 0 Å². The Kier molecular flexibility index (Phi) is 2.91. The number of hydrogen-bond donors (Lipinski definition) is 0. The number of hydrogen-bond acceptors (Lipinski definition) is 0. The molecule has 0 saturated carbocycles. The quantitative estimate of drug-likeness (QED) is 0.570. The standard InChI is InChI=1S/C20H18Cl2/c21-19-17-13-7-3-4-8-14(13)18(20(19)22)16-10-12-6-2-1-5-11(12)9-15(16)17/h3-4,7-10,17-20H,1-2,5-6H2/t17-,18-,19-,20+/m1/s1. The predicted octanol–water partition coefficient (Wildman–Crippen LogP) is 5.37. The van der Waals surface area contributed by atoms with Crippen molar-refractivity contribution in [2.45, 2.75) is 48.3 Å². The summed E-state index contributed by atoms with van der Waals surface area (Å²) in [5, 5.41) is -0.00795. The highest BCUT2D eigenvalue weighted by Crippen LogP contribution is 2.56. The summed E-state index contributed by atoms with van der Waals surface area (Å²) in [6.07, 6.45) is 5.08. The zero-order valence-corrected chi connectivity index (χ0v) is 13.9. The van der Waals surface area contributed by atoms with E-state index in [9.17, 15) is 0 Å². The fourth-order valence-corrected chi connectivity index (χ4v) is 5.66. The molecule has 0 fully saturated rings. The van der Waals surface area contributed by atoms with Gasteiger partial charge in [-0.25, -0.2) is 0 Å². The van der Waals surface area contributed by atoms with Gasteiger partial charge in [0.25, 0.3) is 0 Å². The lowest BCUT2D eigenvalue weighted by molar-refractivity contribution is 0.531. The first kappa shape index (κ1) is 13.5. The monoisotopic (exact) mass is 328 g/mol. The summed E-state index contributed by atoms with van der Waals surface area (Å²) < 4.78 is 0. The second-order valence-corrected chi connectivity index (χ2v) is 7.94. The molecule has 0 aromatic heterocycles. The van der Waals surface area contributed by atoms with Crippen molar-refractivity contribution in [3.8, 4) is 0 Å². The maximum Gasteiger partial charge on any atom is 0.0618 e. The Bertz CT molecular complexity index is 700. The number of fused-ring (bicyclic) bond motifs is 2. The van der Waals surface area contributed by atoms with Gasteiger partial charge < -0.3 is 0 Å². The van der Waals surface area contributed by atoms with Gasteiger partial charge in [-0.15, -0.1) is 23.2 Å². The van der Waals surface area contributed by atoms with E-state index in [2.05, 4.69) is 36.4 Å². The summed E-state index contributed by atoms with van der Waals surface area (Å²) >= 11 is 13.5. The lowest BCUT2D eigenvalue weighted by atomic mass is 9.62. The van der Waals surface area contributed by atoms with Gasteiger partial charge in [0.05, 0.1) is 10.8 Å². The van der Waals surface area contributed by atoms with Gasteiger partial charge in [0.1, 0.15) is 0 Å². The maximum absolute atomic E-state index is 6.77. The molecular weight excluding hydrogens is 311 g/mol. The molecule has 6 rings (SSSR count). The average Bonchev–Trinajstić information content (AvgIpc) is 2.56. The van der Waals surface area contributed by atoms with Crippen LogP contribution in [0.15, 0.2) is 36.4 Å². The number of benzene rings is 2. The molecule has 0 amide bonds. The van der Waals surface area contributed by atoms with Crippen molar-refractivity contribution >= 4 is 23.2 Å². The van der Waals surface area contributed by atoms with E-state index in [4.69, 9.17) is 23.2 Å². The molecule has 0 saturated heterocycles. The lowest BCUT2D eigenvalue weighted by Gasteiger charge is -2.47. The van der Waals surface area contributed by atoms with Gasteiger partial charge in [0.15, 0.2) is 0 Å². The summed E-state index contributed by atoms with van der Waals surface area (Å²) in [7, 11) is 0. The molecule has 2 aromatic rings. The van der Waals surface area contributed by atoms with Gasteiger partial charge in [0.2, 0.25) is 0 Å². The minimum absolute atomic E-state index is 0.00397. The third kappa shape index (κ3) is 1.66. The number of alkyl halides is 2. The first-order chi connectivity index (χ1) is 10.8. The third-order valence-corrected chi connectivity index (χ3v) is 7.00. The van der Waals surface area contributed by atoms with E-state index in [0.29, 0.717) is 0 Å². The van der Waals surface area contributed by atoms with Crippen LogP contribution in [0.5, 0.6) is 0 Å². The Morgan fingerprint density at radius 1 is 0.682 bits per heavy atom.